The molecule has 0 aliphatic carbocycles. The number of hydrogen-bond acceptors (Lipinski definition) is 3. The van der Waals surface area contributed by atoms with E-state index in [1.165, 1.54) is 6.07 Å². The van der Waals surface area contributed by atoms with Crippen molar-refractivity contribution < 1.29 is 4.39 Å². The van der Waals surface area contributed by atoms with Crippen LogP contribution in [0.3, 0.4) is 0 Å². The Kier molecular flexibility index (Phi) is 3.09. The van der Waals surface area contributed by atoms with E-state index in [1.807, 2.05) is 0 Å². The van der Waals surface area contributed by atoms with Crippen molar-refractivity contribution >= 4 is 34.8 Å². The van der Waals surface area contributed by atoms with Crippen LogP contribution in [0.5, 0.6) is 0 Å². The fourth-order valence-corrected chi connectivity index (χ4v) is 1.85. The highest BCUT2D eigenvalue weighted by atomic mass is 35.5. The summed E-state index contributed by atoms with van der Waals surface area (Å²) in [7, 11) is 0. The molecule has 1 aromatic carbocycles. The van der Waals surface area contributed by atoms with E-state index < -0.39 is 5.82 Å². The van der Waals surface area contributed by atoms with Crippen LogP contribution >= 0.6 is 23.2 Å². The van der Waals surface area contributed by atoms with Gasteiger partial charge in [-0.05, 0) is 12.1 Å². The summed E-state index contributed by atoms with van der Waals surface area (Å²) in [5.74, 6) is -0.789. The third kappa shape index (κ3) is 2.14. The van der Waals surface area contributed by atoms with Gasteiger partial charge in [-0.1, -0.05) is 35.3 Å². The monoisotopic (exact) mass is 271 g/mol. The van der Waals surface area contributed by atoms with E-state index in [4.69, 9.17) is 34.7 Å². The number of aromatic nitrogens is 1. The molecule has 0 amide bonds. The molecule has 3 nitrogen and oxygen atoms in total. The maximum absolute atomic E-state index is 13.4. The zero-order chi connectivity index (χ0) is 12.6. The molecule has 0 aliphatic rings. The van der Waals surface area contributed by atoms with Crippen molar-refractivity contribution in [3.63, 3.8) is 0 Å². The molecule has 6 heteroatoms. The van der Waals surface area contributed by atoms with E-state index in [0.29, 0.717) is 21.2 Å². The van der Waals surface area contributed by atoms with E-state index >= 15 is 0 Å². The molecule has 1 aromatic heterocycles. The molecule has 2 rings (SSSR count). The molecule has 0 aliphatic heterocycles. The number of anilines is 2. The summed E-state index contributed by atoms with van der Waals surface area (Å²) >= 11 is 11.9. The van der Waals surface area contributed by atoms with E-state index in [0.717, 1.165) is 0 Å². The molecular formula is C11H8Cl2FN3. The number of benzene rings is 1. The molecule has 2 aromatic rings. The van der Waals surface area contributed by atoms with Gasteiger partial charge in [-0.2, -0.15) is 0 Å². The van der Waals surface area contributed by atoms with Crippen LogP contribution in [0.25, 0.3) is 11.1 Å². The fraction of sp³-hybridized carbons (Fsp3) is 0. The number of halogens is 3. The summed E-state index contributed by atoms with van der Waals surface area (Å²) in [6.45, 7) is 0. The van der Waals surface area contributed by atoms with Gasteiger partial charge in [0.15, 0.2) is 11.6 Å². The number of nitrogens with two attached hydrogens (primary N) is 2. The molecule has 0 saturated carbocycles. The lowest BCUT2D eigenvalue weighted by atomic mass is 10.1. The Morgan fingerprint density at radius 3 is 2.47 bits per heavy atom. The summed E-state index contributed by atoms with van der Waals surface area (Å²) in [4.78, 5) is 3.70. The first-order valence-electron chi connectivity index (χ1n) is 4.66. The molecule has 0 fully saturated rings. The summed E-state index contributed by atoms with van der Waals surface area (Å²) in [5.41, 5.74) is 11.9. The molecule has 1 heterocycles. The van der Waals surface area contributed by atoms with Crippen LogP contribution in [0.2, 0.25) is 10.0 Å². The summed E-state index contributed by atoms with van der Waals surface area (Å²) in [6.07, 6.45) is 0. The standard InChI is InChI=1S/C11H8Cl2FN3/c12-7-3-1-2-5(9(7)13)6-4-8(14)11(16)17-10(6)15/h1-4H,(H4,15,16,17). The first kappa shape index (κ1) is 12.0. The number of rotatable bonds is 1. The lowest BCUT2D eigenvalue weighted by Crippen LogP contribution is -2.01. The van der Waals surface area contributed by atoms with Gasteiger partial charge < -0.3 is 11.5 Å². The van der Waals surface area contributed by atoms with Crippen LogP contribution in [0.4, 0.5) is 16.0 Å². The molecular weight excluding hydrogens is 264 g/mol. The van der Waals surface area contributed by atoms with E-state index in [9.17, 15) is 4.39 Å². The maximum atomic E-state index is 13.4. The molecule has 0 unspecified atom stereocenters. The Morgan fingerprint density at radius 2 is 1.76 bits per heavy atom. The highest BCUT2D eigenvalue weighted by Crippen LogP contribution is 2.36. The van der Waals surface area contributed by atoms with Crippen LogP contribution in [-0.4, -0.2) is 4.98 Å². The average Bonchev–Trinajstić information content (AvgIpc) is 2.28. The van der Waals surface area contributed by atoms with Gasteiger partial charge >= 0.3 is 0 Å². The Labute approximate surface area is 107 Å². The molecule has 0 bridgehead atoms. The van der Waals surface area contributed by atoms with Crippen molar-refractivity contribution in [2.75, 3.05) is 11.5 Å². The van der Waals surface area contributed by atoms with Crippen LogP contribution < -0.4 is 11.5 Å². The minimum atomic E-state index is -0.648. The lowest BCUT2D eigenvalue weighted by molar-refractivity contribution is 0.628. The van der Waals surface area contributed by atoms with Gasteiger partial charge in [-0.25, -0.2) is 9.37 Å². The van der Waals surface area contributed by atoms with Crippen LogP contribution in [0.1, 0.15) is 0 Å². The third-order valence-electron chi connectivity index (χ3n) is 2.27. The predicted molar refractivity (Wildman–Crippen MR) is 68.5 cm³/mol. The summed E-state index contributed by atoms with van der Waals surface area (Å²) < 4.78 is 13.4. The second-order valence-electron chi connectivity index (χ2n) is 3.39. The quantitative estimate of drug-likeness (QED) is 0.836. The molecule has 17 heavy (non-hydrogen) atoms. The maximum Gasteiger partial charge on any atom is 0.166 e. The zero-order valence-electron chi connectivity index (χ0n) is 8.55. The molecule has 4 N–H and O–H groups in total. The smallest absolute Gasteiger partial charge is 0.166 e. The molecule has 0 spiro atoms. The Hall–Kier alpha value is -1.52. The highest BCUT2D eigenvalue weighted by Gasteiger charge is 2.13. The van der Waals surface area contributed by atoms with Crippen molar-refractivity contribution in [1.29, 1.82) is 0 Å². The molecule has 0 saturated heterocycles. The van der Waals surface area contributed by atoms with Gasteiger partial charge in [0, 0.05) is 11.1 Å². The summed E-state index contributed by atoms with van der Waals surface area (Å²) in [5, 5.41) is 0.660. The van der Waals surface area contributed by atoms with Gasteiger partial charge in [0.1, 0.15) is 5.82 Å². The van der Waals surface area contributed by atoms with Gasteiger partial charge in [-0.3, -0.25) is 0 Å². The molecule has 0 atom stereocenters. The Morgan fingerprint density at radius 1 is 1.06 bits per heavy atom. The number of nitrogens with zero attached hydrogens (tertiary/aromatic N) is 1. The topological polar surface area (TPSA) is 64.9 Å². The fourth-order valence-electron chi connectivity index (χ4n) is 1.45. The summed E-state index contributed by atoms with van der Waals surface area (Å²) in [6, 6.07) is 6.19. The van der Waals surface area contributed by atoms with Crippen molar-refractivity contribution in [2.45, 2.75) is 0 Å². The van der Waals surface area contributed by atoms with Crippen molar-refractivity contribution in [3.8, 4) is 11.1 Å². The first-order chi connectivity index (χ1) is 8.00. The molecule has 88 valence electrons. The number of pyridine rings is 1. The minimum absolute atomic E-state index is 0.105. The van der Waals surface area contributed by atoms with Gasteiger partial charge in [-0.15, -0.1) is 0 Å². The normalized spacial score (nSPS) is 10.5. The first-order valence-corrected chi connectivity index (χ1v) is 5.42. The zero-order valence-corrected chi connectivity index (χ0v) is 10.1. The van der Waals surface area contributed by atoms with E-state index in [2.05, 4.69) is 4.98 Å². The Bertz CT molecular complexity index is 587. The predicted octanol–water partition coefficient (Wildman–Crippen LogP) is 3.36. The lowest BCUT2D eigenvalue weighted by Gasteiger charge is -2.09. The van der Waals surface area contributed by atoms with Crippen molar-refractivity contribution in [3.05, 3.63) is 40.1 Å². The van der Waals surface area contributed by atoms with E-state index in [1.54, 1.807) is 18.2 Å². The number of nitrogen functional groups attached to an aromatic ring is 2. The van der Waals surface area contributed by atoms with E-state index in [-0.39, 0.29) is 11.6 Å². The van der Waals surface area contributed by atoms with Crippen LogP contribution in [-0.2, 0) is 0 Å². The SMILES string of the molecule is Nc1nc(N)c(-c2cccc(Cl)c2Cl)cc1F. The Balaban J connectivity index is 2.69. The number of hydrogen-bond donors (Lipinski definition) is 2. The second kappa shape index (κ2) is 4.39. The largest absolute Gasteiger partial charge is 0.383 e. The highest BCUT2D eigenvalue weighted by molar-refractivity contribution is 6.43. The van der Waals surface area contributed by atoms with Gasteiger partial charge in [0.05, 0.1) is 10.0 Å². The van der Waals surface area contributed by atoms with Crippen LogP contribution in [0, 0.1) is 5.82 Å². The van der Waals surface area contributed by atoms with Gasteiger partial charge in [0.2, 0.25) is 0 Å². The third-order valence-corrected chi connectivity index (χ3v) is 3.09. The molecule has 0 radical (unpaired) electrons. The van der Waals surface area contributed by atoms with Crippen molar-refractivity contribution in [1.82, 2.24) is 4.98 Å². The second-order valence-corrected chi connectivity index (χ2v) is 4.17. The van der Waals surface area contributed by atoms with Crippen molar-refractivity contribution in [2.24, 2.45) is 0 Å². The van der Waals surface area contributed by atoms with Gasteiger partial charge in [0.25, 0.3) is 0 Å². The van der Waals surface area contributed by atoms with Crippen LogP contribution in [0.15, 0.2) is 24.3 Å². The minimum Gasteiger partial charge on any atom is -0.383 e. The average molecular weight is 272 g/mol.